The lowest BCUT2D eigenvalue weighted by molar-refractivity contribution is 0.0433. The van der Waals surface area contributed by atoms with Gasteiger partial charge in [0, 0.05) is 44.6 Å². The number of halogens is 1. The summed E-state index contributed by atoms with van der Waals surface area (Å²) in [6.45, 7) is 7.06. The Morgan fingerprint density at radius 2 is 1.91 bits per heavy atom. The van der Waals surface area contributed by atoms with E-state index in [4.69, 9.17) is 14.2 Å². The van der Waals surface area contributed by atoms with Crippen molar-refractivity contribution in [1.82, 2.24) is 10.2 Å². The second-order valence-electron chi connectivity index (χ2n) is 8.55. The van der Waals surface area contributed by atoms with Crippen molar-refractivity contribution in [2.75, 3.05) is 46.0 Å². The van der Waals surface area contributed by atoms with Gasteiger partial charge in [0.1, 0.15) is 25.5 Å². The molecule has 2 aromatic rings. The standard InChI is InChI=1S/C25H31FN2O4/c1-18-6-7-20(16-19(18)2)24(29)28-11-8-25(26,9-12-28)17-27-10-13-30-21-4-3-5-22-23(21)32-15-14-31-22/h3-7,16,27H,8-15,17H2,1-2H3. The molecule has 2 aliphatic heterocycles. The highest BCUT2D eigenvalue weighted by atomic mass is 19.1. The van der Waals surface area contributed by atoms with Gasteiger partial charge in [0.05, 0.1) is 0 Å². The third kappa shape index (κ3) is 5.15. The number of amides is 1. The molecular formula is C25H31FN2O4. The largest absolute Gasteiger partial charge is 0.488 e. The number of alkyl halides is 1. The summed E-state index contributed by atoms with van der Waals surface area (Å²) in [6, 6.07) is 11.3. The van der Waals surface area contributed by atoms with E-state index in [1.54, 1.807) is 4.90 Å². The fourth-order valence-corrected chi connectivity index (χ4v) is 4.05. The summed E-state index contributed by atoms with van der Waals surface area (Å²) in [4.78, 5) is 14.5. The summed E-state index contributed by atoms with van der Waals surface area (Å²) in [5.41, 5.74) is 1.61. The van der Waals surface area contributed by atoms with Crippen LogP contribution in [0.2, 0.25) is 0 Å². The average Bonchev–Trinajstić information content (AvgIpc) is 2.81. The quantitative estimate of drug-likeness (QED) is 0.663. The molecule has 0 unspecified atom stereocenters. The molecule has 0 aromatic heterocycles. The minimum atomic E-state index is -1.32. The van der Waals surface area contributed by atoms with Gasteiger partial charge in [-0.05, 0) is 49.2 Å². The molecule has 172 valence electrons. The van der Waals surface area contributed by atoms with Crippen molar-refractivity contribution in [2.24, 2.45) is 0 Å². The van der Waals surface area contributed by atoms with Crippen LogP contribution >= 0.6 is 0 Å². The average molecular weight is 443 g/mol. The molecule has 2 heterocycles. The second kappa shape index (κ2) is 9.77. The van der Waals surface area contributed by atoms with E-state index in [1.807, 2.05) is 50.2 Å². The van der Waals surface area contributed by atoms with E-state index in [2.05, 4.69) is 5.32 Å². The van der Waals surface area contributed by atoms with Crippen LogP contribution in [0.3, 0.4) is 0 Å². The van der Waals surface area contributed by atoms with E-state index in [0.29, 0.717) is 75.1 Å². The number of hydrogen-bond acceptors (Lipinski definition) is 5. The molecule has 2 aromatic carbocycles. The normalized spacial score (nSPS) is 17.2. The Morgan fingerprint density at radius 1 is 1.12 bits per heavy atom. The number of para-hydroxylation sites is 1. The lowest BCUT2D eigenvalue weighted by atomic mass is 9.92. The number of hydrogen-bond donors (Lipinski definition) is 1. The van der Waals surface area contributed by atoms with Crippen LogP contribution in [0, 0.1) is 13.8 Å². The summed E-state index contributed by atoms with van der Waals surface area (Å²) < 4.78 is 32.2. The van der Waals surface area contributed by atoms with Crippen LogP contribution in [0.15, 0.2) is 36.4 Å². The molecular weight excluding hydrogens is 411 g/mol. The van der Waals surface area contributed by atoms with Gasteiger partial charge in [-0.15, -0.1) is 0 Å². The maximum Gasteiger partial charge on any atom is 0.253 e. The van der Waals surface area contributed by atoms with Gasteiger partial charge in [-0.3, -0.25) is 4.79 Å². The Morgan fingerprint density at radius 3 is 2.69 bits per heavy atom. The highest BCUT2D eigenvalue weighted by Gasteiger charge is 2.35. The van der Waals surface area contributed by atoms with E-state index in [-0.39, 0.29) is 12.5 Å². The zero-order valence-corrected chi connectivity index (χ0v) is 18.8. The SMILES string of the molecule is Cc1ccc(C(=O)N2CCC(F)(CNCCOc3cccc4c3OCCO4)CC2)cc1C. The zero-order chi connectivity index (χ0) is 22.6. The maximum atomic E-state index is 15.2. The van der Waals surface area contributed by atoms with E-state index in [1.165, 1.54) is 0 Å². The first kappa shape index (κ1) is 22.4. The number of nitrogens with one attached hydrogen (secondary N) is 1. The molecule has 0 spiro atoms. The van der Waals surface area contributed by atoms with Gasteiger partial charge in [0.15, 0.2) is 11.5 Å². The number of carbonyl (C=O) groups is 1. The number of nitrogens with zero attached hydrogens (tertiary/aromatic N) is 1. The van der Waals surface area contributed by atoms with Crippen molar-refractivity contribution in [3.8, 4) is 17.2 Å². The van der Waals surface area contributed by atoms with Gasteiger partial charge in [-0.1, -0.05) is 12.1 Å². The first-order valence-corrected chi connectivity index (χ1v) is 11.2. The number of fused-ring (bicyclic) bond motifs is 1. The minimum Gasteiger partial charge on any atom is -0.488 e. The summed E-state index contributed by atoms with van der Waals surface area (Å²) in [5.74, 6) is 1.93. The van der Waals surface area contributed by atoms with Crippen molar-refractivity contribution >= 4 is 5.91 Å². The molecule has 0 atom stereocenters. The molecule has 7 heteroatoms. The zero-order valence-electron chi connectivity index (χ0n) is 18.8. The molecule has 1 fully saturated rings. The van der Waals surface area contributed by atoms with Crippen LogP contribution in [0.25, 0.3) is 0 Å². The molecule has 4 rings (SSSR count). The van der Waals surface area contributed by atoms with Crippen molar-refractivity contribution in [3.63, 3.8) is 0 Å². The van der Waals surface area contributed by atoms with E-state index >= 15 is 4.39 Å². The van der Waals surface area contributed by atoms with Gasteiger partial charge in [-0.2, -0.15) is 0 Å². The van der Waals surface area contributed by atoms with Crippen LogP contribution in [0.1, 0.15) is 34.3 Å². The van der Waals surface area contributed by atoms with E-state index in [0.717, 1.165) is 11.1 Å². The molecule has 1 saturated heterocycles. The number of likely N-dealkylation sites (tertiary alicyclic amines) is 1. The summed E-state index contributed by atoms with van der Waals surface area (Å²) >= 11 is 0. The molecule has 0 saturated carbocycles. The van der Waals surface area contributed by atoms with Crippen molar-refractivity contribution in [3.05, 3.63) is 53.1 Å². The Bertz CT molecular complexity index is 957. The highest BCUT2D eigenvalue weighted by molar-refractivity contribution is 5.94. The summed E-state index contributed by atoms with van der Waals surface area (Å²) in [7, 11) is 0. The second-order valence-corrected chi connectivity index (χ2v) is 8.55. The first-order chi connectivity index (χ1) is 15.5. The van der Waals surface area contributed by atoms with Crippen LogP contribution in [0.5, 0.6) is 17.2 Å². The number of carbonyl (C=O) groups excluding carboxylic acids is 1. The van der Waals surface area contributed by atoms with Crippen molar-refractivity contribution in [2.45, 2.75) is 32.4 Å². The predicted molar refractivity (Wildman–Crippen MR) is 121 cm³/mol. The van der Waals surface area contributed by atoms with Crippen LogP contribution in [0.4, 0.5) is 4.39 Å². The van der Waals surface area contributed by atoms with Crippen molar-refractivity contribution < 1.29 is 23.4 Å². The lowest BCUT2D eigenvalue weighted by Crippen LogP contribution is -2.49. The van der Waals surface area contributed by atoms with Gasteiger partial charge < -0.3 is 24.4 Å². The summed E-state index contributed by atoms with van der Waals surface area (Å²) in [5, 5.41) is 3.16. The van der Waals surface area contributed by atoms with E-state index in [9.17, 15) is 4.79 Å². The lowest BCUT2D eigenvalue weighted by Gasteiger charge is -2.36. The molecule has 6 nitrogen and oxygen atoms in total. The van der Waals surface area contributed by atoms with E-state index < -0.39 is 5.67 Å². The Hall–Kier alpha value is -2.80. The van der Waals surface area contributed by atoms with Crippen LogP contribution < -0.4 is 19.5 Å². The minimum absolute atomic E-state index is 0.0195. The number of benzene rings is 2. The fourth-order valence-electron chi connectivity index (χ4n) is 4.05. The topological polar surface area (TPSA) is 60.0 Å². The highest BCUT2D eigenvalue weighted by Crippen LogP contribution is 2.38. The Kier molecular flexibility index (Phi) is 6.84. The number of rotatable bonds is 7. The molecule has 0 radical (unpaired) electrons. The van der Waals surface area contributed by atoms with Crippen LogP contribution in [-0.4, -0.2) is 62.5 Å². The monoisotopic (exact) mass is 442 g/mol. The maximum absolute atomic E-state index is 15.2. The molecule has 1 N–H and O–H groups in total. The fraction of sp³-hybridized carbons (Fsp3) is 0.480. The smallest absolute Gasteiger partial charge is 0.253 e. The van der Waals surface area contributed by atoms with Gasteiger partial charge in [0.25, 0.3) is 5.91 Å². The third-order valence-corrected chi connectivity index (χ3v) is 6.21. The van der Waals surface area contributed by atoms with Crippen molar-refractivity contribution in [1.29, 1.82) is 0 Å². The van der Waals surface area contributed by atoms with Gasteiger partial charge in [0.2, 0.25) is 5.75 Å². The van der Waals surface area contributed by atoms with Crippen LogP contribution in [-0.2, 0) is 0 Å². The summed E-state index contributed by atoms with van der Waals surface area (Å²) in [6.07, 6.45) is 0.656. The van der Waals surface area contributed by atoms with Gasteiger partial charge in [-0.25, -0.2) is 4.39 Å². The molecule has 0 aliphatic carbocycles. The number of ether oxygens (including phenoxy) is 3. The Labute approximate surface area is 188 Å². The number of piperidine rings is 1. The Balaban J connectivity index is 1.20. The molecule has 1 amide bonds. The molecule has 32 heavy (non-hydrogen) atoms. The van der Waals surface area contributed by atoms with Gasteiger partial charge >= 0.3 is 0 Å². The molecule has 2 aliphatic rings. The number of aryl methyl sites for hydroxylation is 2. The third-order valence-electron chi connectivity index (χ3n) is 6.21. The first-order valence-electron chi connectivity index (χ1n) is 11.2. The molecule has 0 bridgehead atoms. The predicted octanol–water partition coefficient (Wildman–Crippen LogP) is 3.69.